The van der Waals surface area contributed by atoms with Crippen LogP contribution in [-0.2, 0) is 33.2 Å². The summed E-state index contributed by atoms with van der Waals surface area (Å²) in [5.41, 5.74) is 0. The van der Waals surface area contributed by atoms with Crippen LogP contribution in [0.2, 0.25) is 0 Å². The summed E-state index contributed by atoms with van der Waals surface area (Å²) in [6.07, 6.45) is 34.5. The van der Waals surface area contributed by atoms with Crippen molar-refractivity contribution in [3.05, 3.63) is 72.9 Å². The van der Waals surface area contributed by atoms with E-state index >= 15 is 0 Å². The number of hydrogen-bond acceptors (Lipinski definition) is 18. The minimum atomic E-state index is -1.99. The predicted molar refractivity (Wildman–Crippen MR) is 337 cm³/mol. The highest BCUT2D eigenvalue weighted by Gasteiger charge is 2.53. The Morgan fingerprint density at radius 3 is 1.29 bits per heavy atom. The molecule has 0 aliphatic carbocycles. The lowest BCUT2D eigenvalue weighted by molar-refractivity contribution is -0.379. The normalized spacial score (nSPS) is 29.0. The quantitative estimate of drug-likeness (QED) is 0.0202. The van der Waals surface area contributed by atoms with E-state index in [1.165, 1.54) is 103 Å². The van der Waals surface area contributed by atoms with Gasteiger partial charge in [0.25, 0.3) is 0 Å². The van der Waals surface area contributed by atoms with Gasteiger partial charge in [-0.1, -0.05) is 215 Å². The summed E-state index contributed by atoms with van der Waals surface area (Å²) >= 11 is 0. The van der Waals surface area contributed by atoms with Gasteiger partial charge in [-0.05, 0) is 70.6 Å². The molecule has 0 aromatic heterocycles. The highest BCUT2D eigenvalue weighted by atomic mass is 16.8. The first-order valence-corrected chi connectivity index (χ1v) is 33.7. The number of rotatable bonds is 50. The van der Waals surface area contributed by atoms with Crippen molar-refractivity contribution < 1.29 is 89.4 Å². The van der Waals surface area contributed by atoms with Gasteiger partial charge in [0.15, 0.2) is 18.9 Å². The second-order valence-electron chi connectivity index (χ2n) is 23.9. The Balaban J connectivity index is 1.48. The summed E-state index contributed by atoms with van der Waals surface area (Å²) in [6.45, 7) is 1.59. The van der Waals surface area contributed by atoms with Gasteiger partial charge < -0.3 is 89.9 Å². The highest BCUT2D eigenvalue weighted by molar-refractivity contribution is 5.76. The molecule has 3 rings (SSSR count). The topological polar surface area (TPSA) is 307 Å². The Bertz CT molecular complexity index is 1860. The van der Waals surface area contributed by atoms with E-state index in [4.69, 9.17) is 28.4 Å². The molecule has 1 amide bonds. The molecule has 87 heavy (non-hydrogen) atoms. The number of unbranched alkanes of at least 4 members (excludes halogenated alkanes) is 24. The molecule has 3 fully saturated rings. The van der Waals surface area contributed by atoms with Gasteiger partial charge in [-0.3, -0.25) is 4.79 Å². The third kappa shape index (κ3) is 32.4. The maximum absolute atomic E-state index is 13.4. The highest BCUT2D eigenvalue weighted by Crippen LogP contribution is 2.33. The Kier molecular flexibility index (Phi) is 45.0. The molecule has 3 aliphatic heterocycles. The summed E-state index contributed by atoms with van der Waals surface area (Å²) in [6, 6.07) is -1.00. The van der Waals surface area contributed by atoms with Gasteiger partial charge in [-0.15, -0.1) is 0 Å². The Labute approximate surface area is 521 Å². The largest absolute Gasteiger partial charge is 0.394 e. The molecule has 19 heteroatoms. The second kappa shape index (κ2) is 49.9. The number of carbonyl (C=O) groups is 1. The number of ether oxygens (including phenoxy) is 6. The van der Waals surface area contributed by atoms with Crippen molar-refractivity contribution >= 4 is 5.91 Å². The minimum Gasteiger partial charge on any atom is -0.394 e. The van der Waals surface area contributed by atoms with Gasteiger partial charge in [-0.25, -0.2) is 0 Å². The van der Waals surface area contributed by atoms with E-state index < -0.39 is 124 Å². The van der Waals surface area contributed by atoms with E-state index in [1.807, 2.05) is 6.08 Å². The fourth-order valence-corrected chi connectivity index (χ4v) is 11.0. The SMILES string of the molecule is CC/C=C\C/C=C\C/C=C\C/C=C\CCCCCCCCC(=O)NC(COC1OC(CO)C(OC2OC(CO)C(OC3OC(CO)C(O)C(O)C3O)C(O)C2O)C(O)C1O)C(O)/C=C/CC/C=C/CCCCCCCCCCCCCCCCCCC. The van der Waals surface area contributed by atoms with Crippen molar-refractivity contribution in [2.75, 3.05) is 26.4 Å². The first kappa shape index (κ1) is 78.5. The van der Waals surface area contributed by atoms with Crippen LogP contribution in [0.25, 0.3) is 0 Å². The molecule has 504 valence electrons. The van der Waals surface area contributed by atoms with Crippen LogP contribution in [-0.4, -0.2) is 193 Å². The third-order valence-electron chi connectivity index (χ3n) is 16.5. The minimum absolute atomic E-state index is 0.216. The van der Waals surface area contributed by atoms with Crippen LogP contribution in [0.4, 0.5) is 0 Å². The average Bonchev–Trinajstić information content (AvgIpc) is 2.87. The van der Waals surface area contributed by atoms with Gasteiger partial charge in [-0.2, -0.15) is 0 Å². The number of nitrogens with one attached hydrogen (secondary N) is 1. The third-order valence-corrected chi connectivity index (χ3v) is 16.5. The van der Waals surface area contributed by atoms with Crippen LogP contribution in [0, 0.1) is 0 Å². The average molecular weight is 1240 g/mol. The fraction of sp³-hybridized carbons (Fsp3) is 0.809. The molecular weight excluding hydrogens is 1120 g/mol. The molecule has 19 nitrogen and oxygen atoms in total. The molecule has 3 heterocycles. The monoisotopic (exact) mass is 1240 g/mol. The molecule has 0 radical (unpaired) electrons. The van der Waals surface area contributed by atoms with Crippen molar-refractivity contribution in [3.63, 3.8) is 0 Å². The number of allylic oxidation sites excluding steroid dienone is 11. The van der Waals surface area contributed by atoms with Crippen LogP contribution in [0.3, 0.4) is 0 Å². The number of hydrogen-bond donors (Lipinski definition) is 12. The van der Waals surface area contributed by atoms with Crippen LogP contribution in [0.1, 0.15) is 219 Å². The summed E-state index contributed by atoms with van der Waals surface area (Å²) < 4.78 is 34.3. The lowest BCUT2D eigenvalue weighted by Crippen LogP contribution is -2.66. The van der Waals surface area contributed by atoms with Crippen LogP contribution < -0.4 is 5.32 Å². The van der Waals surface area contributed by atoms with Crippen LogP contribution in [0.15, 0.2) is 72.9 Å². The number of aliphatic hydroxyl groups excluding tert-OH is 11. The zero-order chi connectivity index (χ0) is 63.3. The summed E-state index contributed by atoms with van der Waals surface area (Å²) in [5.74, 6) is -0.301. The number of carbonyl (C=O) groups excluding carboxylic acids is 1. The van der Waals surface area contributed by atoms with Crippen molar-refractivity contribution in [1.82, 2.24) is 5.32 Å². The molecule has 3 saturated heterocycles. The van der Waals surface area contributed by atoms with Gasteiger partial charge in [0, 0.05) is 6.42 Å². The van der Waals surface area contributed by atoms with Gasteiger partial charge >= 0.3 is 0 Å². The van der Waals surface area contributed by atoms with Crippen molar-refractivity contribution in [1.29, 1.82) is 0 Å². The predicted octanol–water partition coefficient (Wildman–Crippen LogP) is 8.16. The van der Waals surface area contributed by atoms with Crippen molar-refractivity contribution in [2.24, 2.45) is 0 Å². The lowest BCUT2D eigenvalue weighted by Gasteiger charge is -2.48. The summed E-state index contributed by atoms with van der Waals surface area (Å²) in [4.78, 5) is 13.4. The van der Waals surface area contributed by atoms with Gasteiger partial charge in [0.2, 0.25) is 5.91 Å². The fourth-order valence-electron chi connectivity index (χ4n) is 11.0. The lowest BCUT2D eigenvalue weighted by atomic mass is 9.96. The van der Waals surface area contributed by atoms with Gasteiger partial charge in [0.05, 0.1) is 38.6 Å². The van der Waals surface area contributed by atoms with E-state index in [2.05, 4.69) is 79.9 Å². The van der Waals surface area contributed by atoms with Gasteiger partial charge in [0.1, 0.15) is 73.2 Å². The molecule has 0 bridgehead atoms. The molecule has 17 atom stereocenters. The van der Waals surface area contributed by atoms with E-state index in [0.29, 0.717) is 12.8 Å². The summed E-state index contributed by atoms with van der Waals surface area (Å²) in [5, 5.41) is 120. The zero-order valence-electron chi connectivity index (χ0n) is 53.0. The maximum Gasteiger partial charge on any atom is 0.220 e. The first-order chi connectivity index (χ1) is 42.3. The Hall–Kier alpha value is -2.77. The smallest absolute Gasteiger partial charge is 0.220 e. The molecule has 0 aromatic rings. The summed E-state index contributed by atoms with van der Waals surface area (Å²) in [7, 11) is 0. The number of amides is 1. The van der Waals surface area contributed by atoms with E-state index in [-0.39, 0.29) is 18.9 Å². The van der Waals surface area contributed by atoms with Crippen LogP contribution in [0.5, 0.6) is 0 Å². The molecule has 0 saturated carbocycles. The number of aliphatic hydroxyl groups is 11. The maximum atomic E-state index is 13.4. The van der Waals surface area contributed by atoms with E-state index in [9.17, 15) is 61.0 Å². The van der Waals surface area contributed by atoms with Crippen LogP contribution >= 0.6 is 0 Å². The van der Waals surface area contributed by atoms with Crippen molar-refractivity contribution in [2.45, 2.75) is 324 Å². The molecule has 17 unspecified atom stereocenters. The van der Waals surface area contributed by atoms with E-state index in [1.54, 1.807) is 6.08 Å². The first-order valence-electron chi connectivity index (χ1n) is 33.7. The standard InChI is InChI=1S/C68H119NO18/c1-3-5-7-9-11-13-15-17-19-21-23-24-25-26-28-29-31-33-35-37-39-41-43-45-52(73)51(69-56(74)46-44-42-40-38-36-34-32-30-27-22-20-18-16-14-12-10-8-6-4-2)50-82-66-62(80)59(77)64(54(48-71)84-66)87-68-63(81)60(78)65(55(49-72)85-68)86-67-61(79)58(76)57(75)53(47-70)83-67/h6,8,12,14,18,20,27,30,35,37,43,45,51-55,57-68,70-73,75-81H,3-5,7,9-11,13,15-17,19,21-26,28-29,31-34,36,38-42,44,46-50H2,1-2H3,(H,69,74)/b8-6-,14-12-,20-18-,30-27-,37-35+,45-43+. The molecular formula is C68H119NO18. The molecule has 12 N–H and O–H groups in total. The Morgan fingerprint density at radius 2 is 0.805 bits per heavy atom. The molecule has 0 spiro atoms. The second-order valence-corrected chi connectivity index (χ2v) is 23.9. The Morgan fingerprint density at radius 1 is 0.425 bits per heavy atom. The van der Waals surface area contributed by atoms with E-state index in [0.717, 1.165) is 83.5 Å². The molecule has 3 aliphatic rings. The zero-order valence-corrected chi connectivity index (χ0v) is 53.0. The van der Waals surface area contributed by atoms with Crippen molar-refractivity contribution in [3.8, 4) is 0 Å². The molecule has 0 aromatic carbocycles.